The van der Waals surface area contributed by atoms with Crippen molar-refractivity contribution in [1.29, 1.82) is 0 Å². The lowest BCUT2D eigenvalue weighted by molar-refractivity contribution is -0.134. The van der Waals surface area contributed by atoms with Crippen molar-refractivity contribution in [3.8, 4) is 11.5 Å². The number of hydrogen-bond donors (Lipinski definition) is 0. The Morgan fingerprint density at radius 2 is 1.80 bits per heavy atom. The molecule has 3 aromatic rings. The summed E-state index contributed by atoms with van der Waals surface area (Å²) in [7, 11) is 0. The summed E-state index contributed by atoms with van der Waals surface area (Å²) in [5.74, 6) is 1.53. The number of halogens is 1. The van der Waals surface area contributed by atoms with E-state index in [-0.39, 0.29) is 24.3 Å². The van der Waals surface area contributed by atoms with Crippen molar-refractivity contribution in [1.82, 2.24) is 4.90 Å². The molecule has 0 unspecified atom stereocenters. The summed E-state index contributed by atoms with van der Waals surface area (Å²) in [5, 5.41) is 0.616. The fraction of sp³-hybridized carbons (Fsp3) is 0.286. The van der Waals surface area contributed by atoms with E-state index in [2.05, 4.69) is 0 Å². The normalized spacial score (nSPS) is 14.9. The second-order valence-corrected chi connectivity index (χ2v) is 9.32. The first-order chi connectivity index (χ1) is 17.1. The van der Waals surface area contributed by atoms with Gasteiger partial charge in [-0.15, -0.1) is 0 Å². The molecule has 0 saturated heterocycles. The highest BCUT2D eigenvalue weighted by Crippen LogP contribution is 2.34. The number of amides is 2. The molecule has 0 radical (unpaired) electrons. The van der Waals surface area contributed by atoms with Gasteiger partial charge in [-0.25, -0.2) is 0 Å². The van der Waals surface area contributed by atoms with Gasteiger partial charge in [-0.3, -0.25) is 9.59 Å². The van der Waals surface area contributed by atoms with Gasteiger partial charge < -0.3 is 19.3 Å². The van der Waals surface area contributed by atoms with E-state index in [0.717, 1.165) is 35.4 Å². The van der Waals surface area contributed by atoms with Crippen LogP contribution in [0, 0.1) is 5.92 Å². The summed E-state index contributed by atoms with van der Waals surface area (Å²) < 4.78 is 11.6. The summed E-state index contributed by atoms with van der Waals surface area (Å²) in [4.78, 5) is 29.5. The average Bonchev–Trinajstić information content (AvgIpc) is 3.74. The molecule has 0 spiro atoms. The van der Waals surface area contributed by atoms with E-state index < -0.39 is 0 Å². The molecule has 1 heterocycles. The topological polar surface area (TPSA) is 59.1 Å². The highest BCUT2D eigenvalue weighted by molar-refractivity contribution is 6.30. The number of carbonyl (C=O) groups excluding carboxylic acids is 2. The molecule has 6 nitrogen and oxygen atoms in total. The number of fused-ring (bicyclic) bond motifs is 1. The average molecular weight is 491 g/mol. The van der Waals surface area contributed by atoms with Gasteiger partial charge in [0.1, 0.15) is 18.1 Å². The van der Waals surface area contributed by atoms with Crippen LogP contribution in [-0.4, -0.2) is 36.5 Å². The Balaban J connectivity index is 1.29. The summed E-state index contributed by atoms with van der Waals surface area (Å²) >= 11 is 5.91. The zero-order chi connectivity index (χ0) is 24.2. The van der Waals surface area contributed by atoms with E-state index in [1.807, 2.05) is 53.4 Å². The van der Waals surface area contributed by atoms with Gasteiger partial charge in [0.2, 0.25) is 5.91 Å². The van der Waals surface area contributed by atoms with Gasteiger partial charge >= 0.3 is 0 Å². The van der Waals surface area contributed by atoms with Crippen molar-refractivity contribution >= 4 is 29.1 Å². The molecule has 2 aliphatic rings. The highest BCUT2D eigenvalue weighted by Gasteiger charge is 2.34. The van der Waals surface area contributed by atoms with E-state index in [9.17, 15) is 9.59 Å². The van der Waals surface area contributed by atoms with Crippen LogP contribution in [0.2, 0.25) is 5.02 Å². The number of benzene rings is 3. The van der Waals surface area contributed by atoms with E-state index in [1.54, 1.807) is 29.2 Å². The van der Waals surface area contributed by atoms with E-state index in [0.29, 0.717) is 37.0 Å². The number of anilines is 1. The maximum absolute atomic E-state index is 13.0. The van der Waals surface area contributed by atoms with Crippen LogP contribution in [0.1, 0.15) is 24.0 Å². The Kier molecular flexibility index (Phi) is 6.91. The Morgan fingerprint density at radius 3 is 2.54 bits per heavy atom. The lowest BCUT2D eigenvalue weighted by Crippen LogP contribution is -2.36. The van der Waals surface area contributed by atoms with Gasteiger partial charge in [0.05, 0.1) is 13.1 Å². The first-order valence-electron chi connectivity index (χ1n) is 11.8. The summed E-state index contributed by atoms with van der Waals surface area (Å²) in [6, 6.07) is 22.7. The van der Waals surface area contributed by atoms with Crippen LogP contribution < -0.4 is 14.4 Å². The van der Waals surface area contributed by atoms with Crippen LogP contribution in [-0.2, 0) is 22.7 Å². The van der Waals surface area contributed by atoms with Crippen LogP contribution in [0.15, 0.2) is 72.8 Å². The predicted molar refractivity (Wildman–Crippen MR) is 135 cm³/mol. The first-order valence-corrected chi connectivity index (χ1v) is 12.2. The van der Waals surface area contributed by atoms with Gasteiger partial charge in [-0.2, -0.15) is 0 Å². The molecule has 1 aliphatic carbocycles. The van der Waals surface area contributed by atoms with Crippen LogP contribution >= 0.6 is 11.6 Å². The number of para-hydroxylation sites is 1. The Labute approximate surface area is 210 Å². The molecule has 7 heteroatoms. The Morgan fingerprint density at radius 1 is 1.03 bits per heavy atom. The van der Waals surface area contributed by atoms with Crippen molar-refractivity contribution in [2.75, 3.05) is 24.7 Å². The zero-order valence-electron chi connectivity index (χ0n) is 19.4. The SMILES string of the molecule is O=C(COc1ccc(Cl)cc1)N1CCOc2ccc(CN(C(=O)C3CC3)c3ccccc3)cc2C1. The smallest absolute Gasteiger partial charge is 0.260 e. The Bertz CT molecular complexity index is 1200. The quantitative estimate of drug-likeness (QED) is 0.463. The molecule has 2 amide bonds. The molecule has 180 valence electrons. The third kappa shape index (κ3) is 5.77. The van der Waals surface area contributed by atoms with Gasteiger partial charge in [-0.05, 0) is 66.9 Å². The lowest BCUT2D eigenvalue weighted by Gasteiger charge is -2.24. The second kappa shape index (κ2) is 10.4. The number of nitrogens with zero attached hydrogens (tertiary/aromatic N) is 2. The van der Waals surface area contributed by atoms with Crippen molar-refractivity contribution < 1.29 is 19.1 Å². The van der Waals surface area contributed by atoms with E-state index >= 15 is 0 Å². The third-order valence-electron chi connectivity index (χ3n) is 6.23. The fourth-order valence-electron chi connectivity index (χ4n) is 4.16. The lowest BCUT2D eigenvalue weighted by atomic mass is 10.1. The molecule has 0 bridgehead atoms. The van der Waals surface area contributed by atoms with Crippen molar-refractivity contribution in [2.24, 2.45) is 5.92 Å². The number of rotatable bonds is 7. The molecule has 0 aromatic heterocycles. The van der Waals surface area contributed by atoms with Crippen molar-refractivity contribution in [2.45, 2.75) is 25.9 Å². The number of hydrogen-bond acceptors (Lipinski definition) is 4. The summed E-state index contributed by atoms with van der Waals surface area (Å²) in [6.07, 6.45) is 1.91. The molecule has 1 fully saturated rings. The number of carbonyl (C=O) groups is 2. The monoisotopic (exact) mass is 490 g/mol. The predicted octanol–water partition coefficient (Wildman–Crippen LogP) is 5.08. The molecule has 3 aromatic carbocycles. The molecular formula is C28H27ClN2O4. The molecule has 0 atom stereocenters. The minimum Gasteiger partial charge on any atom is -0.491 e. The molecule has 1 saturated carbocycles. The minimum absolute atomic E-state index is 0.0612. The minimum atomic E-state index is -0.114. The van der Waals surface area contributed by atoms with Gasteiger partial charge in [0.25, 0.3) is 5.91 Å². The van der Waals surface area contributed by atoms with E-state index in [4.69, 9.17) is 21.1 Å². The van der Waals surface area contributed by atoms with Gasteiger partial charge in [0.15, 0.2) is 6.61 Å². The Hall–Kier alpha value is -3.51. The van der Waals surface area contributed by atoms with Gasteiger partial charge in [0, 0.05) is 28.7 Å². The second-order valence-electron chi connectivity index (χ2n) is 8.88. The van der Waals surface area contributed by atoms with Crippen LogP contribution in [0.4, 0.5) is 5.69 Å². The molecule has 35 heavy (non-hydrogen) atoms. The van der Waals surface area contributed by atoms with Crippen molar-refractivity contribution in [3.05, 3.63) is 88.9 Å². The van der Waals surface area contributed by atoms with Crippen LogP contribution in [0.5, 0.6) is 11.5 Å². The maximum atomic E-state index is 13.0. The maximum Gasteiger partial charge on any atom is 0.260 e. The third-order valence-corrected chi connectivity index (χ3v) is 6.49. The summed E-state index contributed by atoms with van der Waals surface area (Å²) in [6.45, 7) is 1.72. The molecule has 1 aliphatic heterocycles. The number of ether oxygens (including phenoxy) is 2. The fourth-order valence-corrected chi connectivity index (χ4v) is 4.29. The molecule has 5 rings (SSSR count). The largest absolute Gasteiger partial charge is 0.491 e. The molecular weight excluding hydrogens is 464 g/mol. The first kappa shape index (κ1) is 23.2. The van der Waals surface area contributed by atoms with Crippen molar-refractivity contribution in [3.63, 3.8) is 0 Å². The van der Waals surface area contributed by atoms with Crippen LogP contribution in [0.25, 0.3) is 0 Å². The van der Waals surface area contributed by atoms with Gasteiger partial charge in [-0.1, -0.05) is 35.9 Å². The van der Waals surface area contributed by atoms with E-state index in [1.165, 1.54) is 0 Å². The summed E-state index contributed by atoms with van der Waals surface area (Å²) in [5.41, 5.74) is 2.82. The zero-order valence-corrected chi connectivity index (χ0v) is 20.1. The van der Waals surface area contributed by atoms with Crippen LogP contribution in [0.3, 0.4) is 0 Å². The molecule has 0 N–H and O–H groups in total. The standard InChI is InChI=1S/C28H27ClN2O4/c29-23-9-11-25(12-10-23)35-19-27(32)30-14-15-34-26-13-6-20(16-22(26)18-30)17-31(28(33)21-7-8-21)24-4-2-1-3-5-24/h1-6,9-13,16,21H,7-8,14-15,17-19H2. The highest BCUT2D eigenvalue weighted by atomic mass is 35.5.